The third-order valence-electron chi connectivity index (χ3n) is 3.15. The molecule has 0 aliphatic carbocycles. The molecular formula is C16H16F3N3O3S. The monoisotopic (exact) mass is 387 g/mol. The maximum Gasteiger partial charge on any atom is 0.516 e. The van der Waals surface area contributed by atoms with E-state index in [0.29, 0.717) is 17.0 Å². The molecule has 10 heteroatoms. The first-order chi connectivity index (χ1) is 12.2. The first kappa shape index (κ1) is 19.6. The molecule has 0 unspecified atom stereocenters. The fourth-order valence-electron chi connectivity index (χ4n) is 1.85. The second kappa shape index (κ2) is 8.09. The molecule has 0 aromatic heterocycles. The molecule has 6 nitrogen and oxygen atoms in total. The highest BCUT2D eigenvalue weighted by atomic mass is 32.2. The fraction of sp³-hybridized carbons (Fsp3) is 0.188. The summed E-state index contributed by atoms with van der Waals surface area (Å²) < 4.78 is 67.1. The molecule has 2 N–H and O–H groups in total. The summed E-state index contributed by atoms with van der Waals surface area (Å²) in [6.07, 6.45) is 0. The van der Waals surface area contributed by atoms with Crippen LogP contribution in [0.1, 0.15) is 5.56 Å². The summed E-state index contributed by atoms with van der Waals surface area (Å²) in [6, 6.07) is 14.8. The molecule has 0 spiro atoms. The minimum absolute atomic E-state index is 0.0142. The van der Waals surface area contributed by atoms with Gasteiger partial charge in [0, 0.05) is 5.69 Å². The number of ether oxygens (including phenoxy) is 1. The van der Waals surface area contributed by atoms with E-state index in [-0.39, 0.29) is 6.54 Å². The number of hydrogen-bond donors (Lipinski definition) is 2. The van der Waals surface area contributed by atoms with E-state index >= 15 is 0 Å². The van der Waals surface area contributed by atoms with Crippen LogP contribution in [-0.2, 0) is 16.6 Å². The summed E-state index contributed by atoms with van der Waals surface area (Å²) in [6.45, 7) is -0.0142. The molecule has 0 aliphatic rings. The standard InChI is InChI=1S/C16H16F3N3O3S/c1-25-14-9-7-13(8-10-14)21-15(22-26(23,24)16(17,18)19)20-11-12-5-3-2-4-6-12/h2-10H,11H2,1H3,(H2,20,21,22). The maximum atomic E-state index is 12.6. The van der Waals surface area contributed by atoms with Gasteiger partial charge in [-0.15, -0.1) is 0 Å². The van der Waals surface area contributed by atoms with Gasteiger partial charge in [0.05, 0.1) is 13.7 Å². The lowest BCUT2D eigenvalue weighted by atomic mass is 10.2. The molecule has 0 atom stereocenters. The van der Waals surface area contributed by atoms with Gasteiger partial charge in [-0.1, -0.05) is 30.3 Å². The lowest BCUT2D eigenvalue weighted by molar-refractivity contribution is -0.0442. The van der Waals surface area contributed by atoms with E-state index < -0.39 is 21.5 Å². The number of hydrogen-bond acceptors (Lipinski definition) is 4. The molecule has 0 saturated heterocycles. The lowest BCUT2D eigenvalue weighted by Gasteiger charge is -2.14. The molecular weight excluding hydrogens is 371 g/mol. The van der Waals surface area contributed by atoms with Crippen molar-refractivity contribution in [3.05, 3.63) is 60.2 Å². The molecule has 140 valence electrons. The first-order valence-corrected chi connectivity index (χ1v) is 8.78. The van der Waals surface area contributed by atoms with Gasteiger partial charge in [-0.3, -0.25) is 0 Å². The van der Waals surface area contributed by atoms with Crippen molar-refractivity contribution >= 4 is 21.7 Å². The van der Waals surface area contributed by atoms with E-state index in [1.54, 1.807) is 42.5 Å². The zero-order chi connectivity index (χ0) is 19.2. The van der Waals surface area contributed by atoms with Gasteiger partial charge in [-0.05, 0) is 29.8 Å². The van der Waals surface area contributed by atoms with Crippen LogP contribution in [-0.4, -0.2) is 27.0 Å². The molecule has 26 heavy (non-hydrogen) atoms. The van der Waals surface area contributed by atoms with Gasteiger partial charge in [-0.2, -0.15) is 21.6 Å². The Balaban J connectivity index is 2.25. The van der Waals surface area contributed by atoms with Gasteiger partial charge in [0.2, 0.25) is 5.96 Å². The van der Waals surface area contributed by atoms with Gasteiger partial charge in [0.25, 0.3) is 0 Å². The minimum atomic E-state index is -5.60. The van der Waals surface area contributed by atoms with Crippen LogP contribution in [0.5, 0.6) is 5.75 Å². The second-order valence-electron chi connectivity index (χ2n) is 5.06. The number of aliphatic imine (C=N–C) groups is 1. The summed E-state index contributed by atoms with van der Waals surface area (Å²) in [7, 11) is -4.14. The Morgan fingerprint density at radius 1 is 1.08 bits per heavy atom. The normalized spacial score (nSPS) is 12.5. The van der Waals surface area contributed by atoms with Gasteiger partial charge in [-0.25, -0.2) is 9.71 Å². The average molecular weight is 387 g/mol. The number of benzene rings is 2. The number of guanidine groups is 1. The molecule has 2 aromatic carbocycles. The summed E-state index contributed by atoms with van der Waals surface area (Å²) in [5.41, 5.74) is -4.42. The number of anilines is 1. The molecule has 2 rings (SSSR count). The Labute approximate surface area is 148 Å². The number of sulfonamides is 1. The van der Waals surface area contributed by atoms with E-state index in [9.17, 15) is 21.6 Å². The smallest absolute Gasteiger partial charge is 0.497 e. The van der Waals surface area contributed by atoms with E-state index in [1.165, 1.54) is 24.0 Å². The summed E-state index contributed by atoms with van der Waals surface area (Å²) in [4.78, 5) is 3.91. The fourth-order valence-corrected chi connectivity index (χ4v) is 2.33. The Hall–Kier alpha value is -2.75. The van der Waals surface area contributed by atoms with Crippen LogP contribution >= 0.6 is 0 Å². The molecule has 0 saturated carbocycles. The van der Waals surface area contributed by atoms with Crippen LogP contribution in [0.3, 0.4) is 0 Å². The average Bonchev–Trinajstić information content (AvgIpc) is 2.60. The number of halogens is 3. The topological polar surface area (TPSA) is 79.8 Å². The molecule has 0 bridgehead atoms. The summed E-state index contributed by atoms with van der Waals surface area (Å²) >= 11 is 0. The van der Waals surface area contributed by atoms with Gasteiger partial charge >= 0.3 is 15.5 Å². The summed E-state index contributed by atoms with van der Waals surface area (Å²) in [5.74, 6) is -0.00876. The third kappa shape index (κ3) is 5.38. The number of rotatable bonds is 5. The Kier molecular flexibility index (Phi) is 6.09. The van der Waals surface area contributed by atoms with Crippen molar-refractivity contribution in [2.75, 3.05) is 12.4 Å². The van der Waals surface area contributed by atoms with Crippen LogP contribution < -0.4 is 14.8 Å². The van der Waals surface area contributed by atoms with E-state index in [1.807, 2.05) is 0 Å². The zero-order valence-electron chi connectivity index (χ0n) is 13.6. The molecule has 0 fully saturated rings. The molecule has 0 aliphatic heterocycles. The first-order valence-electron chi connectivity index (χ1n) is 7.30. The third-order valence-corrected chi connectivity index (χ3v) is 4.22. The SMILES string of the molecule is COc1ccc(NC(=NCc2ccccc2)NS(=O)(=O)C(F)(F)F)cc1. The Morgan fingerprint density at radius 3 is 2.23 bits per heavy atom. The van der Waals surface area contributed by atoms with Crippen LogP contribution in [0, 0.1) is 0 Å². The highest BCUT2D eigenvalue weighted by Crippen LogP contribution is 2.22. The van der Waals surface area contributed by atoms with Crippen molar-refractivity contribution in [1.29, 1.82) is 0 Å². The number of nitrogens with zero attached hydrogens (tertiary/aromatic N) is 1. The predicted molar refractivity (Wildman–Crippen MR) is 92.3 cm³/mol. The second-order valence-corrected chi connectivity index (χ2v) is 6.73. The van der Waals surface area contributed by atoms with E-state index in [0.717, 1.165) is 0 Å². The minimum Gasteiger partial charge on any atom is -0.497 e. The van der Waals surface area contributed by atoms with Crippen LogP contribution in [0.2, 0.25) is 0 Å². The van der Waals surface area contributed by atoms with Crippen molar-refractivity contribution in [2.45, 2.75) is 12.1 Å². The molecule has 2 aromatic rings. The van der Waals surface area contributed by atoms with Crippen LogP contribution in [0.4, 0.5) is 18.9 Å². The zero-order valence-corrected chi connectivity index (χ0v) is 14.4. The van der Waals surface area contributed by atoms with Crippen molar-refractivity contribution in [3.63, 3.8) is 0 Å². The van der Waals surface area contributed by atoms with E-state index in [2.05, 4.69) is 10.3 Å². The Morgan fingerprint density at radius 2 is 1.69 bits per heavy atom. The number of methoxy groups -OCH3 is 1. The largest absolute Gasteiger partial charge is 0.516 e. The van der Waals surface area contributed by atoms with Crippen molar-refractivity contribution in [1.82, 2.24) is 4.72 Å². The van der Waals surface area contributed by atoms with E-state index in [4.69, 9.17) is 4.74 Å². The van der Waals surface area contributed by atoms with Crippen molar-refractivity contribution in [3.8, 4) is 5.75 Å². The van der Waals surface area contributed by atoms with Gasteiger partial charge in [0.15, 0.2) is 0 Å². The maximum absolute atomic E-state index is 12.6. The number of alkyl halides is 3. The predicted octanol–water partition coefficient (Wildman–Crippen LogP) is 3.10. The van der Waals surface area contributed by atoms with Gasteiger partial charge in [0.1, 0.15) is 5.75 Å². The number of nitrogens with one attached hydrogen (secondary N) is 2. The lowest BCUT2D eigenvalue weighted by Crippen LogP contribution is -2.43. The van der Waals surface area contributed by atoms with Crippen molar-refractivity contribution < 1.29 is 26.3 Å². The van der Waals surface area contributed by atoms with Crippen LogP contribution in [0.25, 0.3) is 0 Å². The summed E-state index contributed by atoms with van der Waals surface area (Å²) in [5, 5.41) is 2.53. The quantitative estimate of drug-likeness (QED) is 0.610. The Bertz CT molecular complexity index is 852. The highest BCUT2D eigenvalue weighted by Gasteiger charge is 2.46. The molecule has 0 radical (unpaired) electrons. The molecule has 0 heterocycles. The van der Waals surface area contributed by atoms with Crippen molar-refractivity contribution in [2.24, 2.45) is 4.99 Å². The highest BCUT2D eigenvalue weighted by molar-refractivity contribution is 7.90. The van der Waals surface area contributed by atoms with Crippen LogP contribution in [0.15, 0.2) is 59.6 Å². The molecule has 0 amide bonds. The van der Waals surface area contributed by atoms with Gasteiger partial charge < -0.3 is 10.1 Å².